The van der Waals surface area contributed by atoms with Gasteiger partial charge in [0.1, 0.15) is 5.54 Å². The third kappa shape index (κ3) is 3.14. The minimum atomic E-state index is -0.377. The number of benzene rings is 2. The van der Waals surface area contributed by atoms with Crippen molar-refractivity contribution in [2.75, 3.05) is 24.7 Å². The lowest BCUT2D eigenvalue weighted by Crippen LogP contribution is -2.58. The lowest BCUT2D eigenvalue weighted by atomic mass is 9.81. The Morgan fingerprint density at radius 2 is 1.83 bits per heavy atom. The van der Waals surface area contributed by atoms with Crippen LogP contribution >= 0.6 is 0 Å². The molecule has 3 aliphatic rings. The quantitative estimate of drug-likeness (QED) is 0.853. The van der Waals surface area contributed by atoms with Crippen LogP contribution in [-0.2, 0) is 17.6 Å². The maximum atomic E-state index is 12.9. The number of nitrogens with one attached hydrogen (secondary N) is 1. The van der Waals surface area contributed by atoms with Gasteiger partial charge in [0.25, 0.3) is 0 Å². The zero-order valence-electron chi connectivity index (χ0n) is 17.6. The molecule has 1 spiro atoms. The van der Waals surface area contributed by atoms with Crippen molar-refractivity contribution < 1.29 is 4.79 Å². The van der Waals surface area contributed by atoms with Crippen molar-refractivity contribution in [2.24, 2.45) is 0 Å². The minimum Gasteiger partial charge on any atom is -0.339 e. The van der Waals surface area contributed by atoms with Crippen LogP contribution in [0.1, 0.15) is 41.5 Å². The number of amides is 1. The summed E-state index contributed by atoms with van der Waals surface area (Å²) >= 11 is 0. The van der Waals surface area contributed by atoms with Crippen LogP contribution in [-0.4, -0.2) is 42.1 Å². The van der Waals surface area contributed by atoms with Crippen LogP contribution in [0.2, 0.25) is 0 Å². The standard InChI is InChI=1S/C25H31N3O/c1-18-14-19(2)23-9-8-22(16-20(23)15-18)27-12-10-25(11-13-27)24(29)26-17-28(25)21-6-4-3-5-7-21/h3-7,14-15,22H,8-13,16-17H2,1-2H3,(H,26,29). The Morgan fingerprint density at radius 3 is 2.59 bits per heavy atom. The number of likely N-dealkylation sites (tertiary alicyclic amines) is 1. The van der Waals surface area contributed by atoms with Crippen molar-refractivity contribution in [1.82, 2.24) is 10.2 Å². The largest absolute Gasteiger partial charge is 0.339 e. The van der Waals surface area contributed by atoms with Gasteiger partial charge in [0, 0.05) is 24.8 Å². The van der Waals surface area contributed by atoms with E-state index in [-0.39, 0.29) is 11.4 Å². The number of fused-ring (bicyclic) bond motifs is 1. The van der Waals surface area contributed by atoms with Gasteiger partial charge in [0.15, 0.2) is 0 Å². The van der Waals surface area contributed by atoms with E-state index in [4.69, 9.17) is 0 Å². The highest BCUT2D eigenvalue weighted by atomic mass is 16.2. The Bertz CT molecular complexity index is 915. The van der Waals surface area contributed by atoms with Gasteiger partial charge >= 0.3 is 0 Å². The molecular formula is C25H31N3O. The monoisotopic (exact) mass is 389 g/mol. The Morgan fingerprint density at radius 1 is 1.07 bits per heavy atom. The summed E-state index contributed by atoms with van der Waals surface area (Å²) in [5, 5.41) is 3.12. The zero-order chi connectivity index (χ0) is 20.0. The molecule has 0 aromatic heterocycles. The molecule has 0 saturated carbocycles. The Kier molecular flexibility index (Phi) is 4.62. The fourth-order valence-corrected chi connectivity index (χ4v) is 5.90. The Hall–Kier alpha value is -2.33. The number of hydrogen-bond acceptors (Lipinski definition) is 3. The Balaban J connectivity index is 1.32. The number of carbonyl (C=O) groups excluding carboxylic acids is 1. The van der Waals surface area contributed by atoms with Crippen LogP contribution in [0.25, 0.3) is 0 Å². The molecule has 1 aliphatic carbocycles. The van der Waals surface area contributed by atoms with E-state index in [1.807, 2.05) is 6.07 Å². The molecule has 2 aromatic carbocycles. The van der Waals surface area contributed by atoms with Gasteiger partial charge in [0.2, 0.25) is 5.91 Å². The van der Waals surface area contributed by atoms with Crippen molar-refractivity contribution in [3.63, 3.8) is 0 Å². The molecule has 2 aromatic rings. The number of carbonyl (C=O) groups is 1. The lowest BCUT2D eigenvalue weighted by molar-refractivity contribution is -0.125. The SMILES string of the molecule is Cc1cc(C)c2c(c1)CC(N1CCC3(CC1)C(=O)NCN3c1ccccc1)CC2. The van der Waals surface area contributed by atoms with Crippen LogP contribution in [0.5, 0.6) is 0 Å². The topological polar surface area (TPSA) is 35.6 Å². The normalized spacial score (nSPS) is 23.9. The molecule has 0 bridgehead atoms. The molecule has 2 fully saturated rings. The van der Waals surface area contributed by atoms with Crippen LogP contribution in [0.15, 0.2) is 42.5 Å². The van der Waals surface area contributed by atoms with E-state index in [2.05, 4.69) is 65.4 Å². The van der Waals surface area contributed by atoms with Gasteiger partial charge in [-0.05, 0) is 74.8 Å². The number of aryl methyl sites for hydroxylation is 2. The van der Waals surface area contributed by atoms with Gasteiger partial charge in [-0.1, -0.05) is 35.9 Å². The van der Waals surface area contributed by atoms with Gasteiger partial charge in [0.05, 0.1) is 6.67 Å². The summed E-state index contributed by atoms with van der Waals surface area (Å²) in [6, 6.07) is 15.7. The summed E-state index contributed by atoms with van der Waals surface area (Å²) < 4.78 is 0. The number of para-hydroxylation sites is 1. The van der Waals surface area contributed by atoms with Crippen molar-refractivity contribution in [2.45, 2.75) is 57.5 Å². The van der Waals surface area contributed by atoms with Crippen LogP contribution in [0.4, 0.5) is 5.69 Å². The number of piperidine rings is 1. The van der Waals surface area contributed by atoms with Crippen LogP contribution < -0.4 is 10.2 Å². The fourth-order valence-electron chi connectivity index (χ4n) is 5.90. The molecule has 4 heteroatoms. The first kappa shape index (κ1) is 18.7. The number of anilines is 1. The highest BCUT2D eigenvalue weighted by Crippen LogP contribution is 2.38. The number of nitrogens with zero attached hydrogens (tertiary/aromatic N) is 2. The smallest absolute Gasteiger partial charge is 0.247 e. The molecular weight excluding hydrogens is 358 g/mol. The van der Waals surface area contributed by atoms with E-state index in [1.165, 1.54) is 24.0 Å². The molecule has 1 atom stereocenters. The molecule has 2 aliphatic heterocycles. The molecule has 5 rings (SSSR count). The molecule has 29 heavy (non-hydrogen) atoms. The third-order valence-electron chi connectivity index (χ3n) is 7.44. The average molecular weight is 390 g/mol. The van der Waals surface area contributed by atoms with Crippen LogP contribution in [0, 0.1) is 13.8 Å². The van der Waals surface area contributed by atoms with Crippen molar-refractivity contribution in [1.29, 1.82) is 0 Å². The molecule has 2 heterocycles. The molecule has 1 amide bonds. The average Bonchev–Trinajstić information content (AvgIpc) is 3.04. The summed E-state index contributed by atoms with van der Waals surface area (Å²) in [7, 11) is 0. The predicted octanol–water partition coefficient (Wildman–Crippen LogP) is 3.59. The van der Waals surface area contributed by atoms with E-state index in [9.17, 15) is 4.79 Å². The second-order valence-electron chi connectivity index (χ2n) is 9.11. The summed E-state index contributed by atoms with van der Waals surface area (Å²) in [5.41, 5.74) is 6.72. The lowest BCUT2D eigenvalue weighted by Gasteiger charge is -2.46. The van der Waals surface area contributed by atoms with Gasteiger partial charge < -0.3 is 10.2 Å². The minimum absolute atomic E-state index is 0.209. The number of hydrogen-bond donors (Lipinski definition) is 1. The van der Waals surface area contributed by atoms with Crippen LogP contribution in [0.3, 0.4) is 0 Å². The Labute approximate surface area is 173 Å². The van der Waals surface area contributed by atoms with E-state index in [1.54, 1.807) is 11.1 Å². The molecule has 2 saturated heterocycles. The maximum absolute atomic E-state index is 12.9. The third-order valence-corrected chi connectivity index (χ3v) is 7.44. The first-order valence-corrected chi connectivity index (χ1v) is 11.0. The summed E-state index contributed by atoms with van der Waals surface area (Å²) in [4.78, 5) is 17.8. The summed E-state index contributed by atoms with van der Waals surface area (Å²) in [5.74, 6) is 0.209. The second kappa shape index (κ2) is 7.17. The van der Waals surface area contributed by atoms with Gasteiger partial charge in [-0.3, -0.25) is 9.69 Å². The molecule has 0 radical (unpaired) electrons. The predicted molar refractivity (Wildman–Crippen MR) is 117 cm³/mol. The van der Waals surface area contributed by atoms with Crippen molar-refractivity contribution in [3.05, 3.63) is 64.7 Å². The first-order chi connectivity index (χ1) is 14.1. The van der Waals surface area contributed by atoms with E-state index >= 15 is 0 Å². The molecule has 152 valence electrons. The van der Waals surface area contributed by atoms with E-state index < -0.39 is 0 Å². The van der Waals surface area contributed by atoms with E-state index in [0.29, 0.717) is 12.7 Å². The van der Waals surface area contributed by atoms with Crippen molar-refractivity contribution >= 4 is 11.6 Å². The molecule has 4 nitrogen and oxygen atoms in total. The highest BCUT2D eigenvalue weighted by molar-refractivity contribution is 5.93. The van der Waals surface area contributed by atoms with E-state index in [0.717, 1.165) is 38.0 Å². The maximum Gasteiger partial charge on any atom is 0.247 e. The second-order valence-corrected chi connectivity index (χ2v) is 9.11. The summed E-state index contributed by atoms with van der Waals surface area (Å²) in [6.45, 7) is 7.09. The van der Waals surface area contributed by atoms with Crippen molar-refractivity contribution in [3.8, 4) is 0 Å². The molecule has 1 unspecified atom stereocenters. The fraction of sp³-hybridized carbons (Fsp3) is 0.480. The summed E-state index contributed by atoms with van der Waals surface area (Å²) in [6.07, 6.45) is 5.39. The number of rotatable bonds is 2. The first-order valence-electron chi connectivity index (χ1n) is 11.0. The highest BCUT2D eigenvalue weighted by Gasteiger charge is 2.50. The zero-order valence-corrected chi connectivity index (χ0v) is 17.6. The van der Waals surface area contributed by atoms with Gasteiger partial charge in [-0.2, -0.15) is 0 Å². The molecule has 1 N–H and O–H groups in total. The van der Waals surface area contributed by atoms with Gasteiger partial charge in [-0.15, -0.1) is 0 Å². The van der Waals surface area contributed by atoms with Gasteiger partial charge in [-0.25, -0.2) is 0 Å².